The standard InChI is InChI=1S/C50H55FN8O7/c1-56(2)22-23-58(34-25-37(26-34)65-36-11-12-38-40(27-36)50(64)59(49(38)63)43-14-16-45(60)55-48(43)62)29-30-17-20-57(21-18-30)42-13-5-31(24-41(42)51)47(61)54-33-7-9-35(10-8-33)66-44-15-6-32(28-52)46-39(44)4-3-19-53-46/h3-6,11-13,15,19,24,27,30,33-35,37,43H,7-10,14,16-18,20-23,25-26,29H2,1-2H3,(H,54,61)(H,55,60,62). The Bertz CT molecular complexity index is 2580. The zero-order valence-electron chi connectivity index (χ0n) is 37.3. The fourth-order valence-electron chi connectivity index (χ4n) is 10.1. The molecule has 0 bridgehead atoms. The van der Waals surface area contributed by atoms with Gasteiger partial charge in [-0.15, -0.1) is 0 Å². The molecule has 0 spiro atoms. The van der Waals surface area contributed by atoms with Crippen LogP contribution >= 0.6 is 0 Å². The van der Waals surface area contributed by atoms with Crippen LogP contribution in [0.25, 0.3) is 10.9 Å². The lowest BCUT2D eigenvalue weighted by atomic mass is 9.86. The lowest BCUT2D eigenvalue weighted by Gasteiger charge is -2.45. The van der Waals surface area contributed by atoms with E-state index in [1.54, 1.807) is 42.6 Å². The van der Waals surface area contributed by atoms with E-state index in [4.69, 9.17) is 9.47 Å². The fourth-order valence-corrected chi connectivity index (χ4v) is 10.1. The molecule has 15 nitrogen and oxygen atoms in total. The maximum atomic E-state index is 15.7. The number of benzene rings is 3. The maximum Gasteiger partial charge on any atom is 0.262 e. The van der Waals surface area contributed by atoms with Crippen molar-refractivity contribution in [1.82, 2.24) is 30.3 Å². The highest BCUT2D eigenvalue weighted by molar-refractivity contribution is 6.23. The number of piperidine rings is 2. The van der Waals surface area contributed by atoms with E-state index in [-0.39, 0.29) is 48.1 Å². The van der Waals surface area contributed by atoms with Crippen molar-refractivity contribution in [3.8, 4) is 17.6 Å². The molecule has 2 aliphatic carbocycles. The Labute approximate surface area is 383 Å². The number of ether oxygens (including phenoxy) is 2. The summed E-state index contributed by atoms with van der Waals surface area (Å²) < 4.78 is 28.4. The Balaban J connectivity index is 0.733. The quantitative estimate of drug-likeness (QED) is 0.153. The van der Waals surface area contributed by atoms with Crippen molar-refractivity contribution in [3.63, 3.8) is 0 Å². The van der Waals surface area contributed by atoms with Crippen LogP contribution in [0.2, 0.25) is 0 Å². The number of hydrogen-bond donors (Lipinski definition) is 2. The van der Waals surface area contributed by atoms with Gasteiger partial charge in [0, 0.05) is 81.2 Å². The number of pyridine rings is 1. The van der Waals surface area contributed by atoms with E-state index < -0.39 is 35.5 Å². The van der Waals surface area contributed by atoms with Gasteiger partial charge >= 0.3 is 0 Å². The van der Waals surface area contributed by atoms with E-state index >= 15 is 4.39 Å². The third-order valence-corrected chi connectivity index (χ3v) is 13.9. The number of nitrogens with zero attached hydrogens (tertiary/aromatic N) is 6. The smallest absolute Gasteiger partial charge is 0.262 e. The lowest BCUT2D eigenvalue weighted by molar-refractivity contribution is -0.136. The third kappa shape index (κ3) is 9.45. The Morgan fingerprint density at radius 1 is 0.894 bits per heavy atom. The van der Waals surface area contributed by atoms with Crippen LogP contribution in [0.5, 0.6) is 11.5 Å². The van der Waals surface area contributed by atoms with Gasteiger partial charge in [-0.1, -0.05) is 0 Å². The molecule has 1 atom stereocenters. The highest BCUT2D eigenvalue weighted by Crippen LogP contribution is 2.36. The van der Waals surface area contributed by atoms with Crippen molar-refractivity contribution in [2.24, 2.45) is 5.92 Å². The molecule has 2 N–H and O–H groups in total. The van der Waals surface area contributed by atoms with Gasteiger partial charge in [0.2, 0.25) is 11.8 Å². The van der Waals surface area contributed by atoms with Gasteiger partial charge in [-0.25, -0.2) is 4.39 Å². The molecule has 4 fully saturated rings. The topological polar surface area (TPSA) is 178 Å². The van der Waals surface area contributed by atoms with Crippen LogP contribution in [-0.2, 0) is 9.59 Å². The van der Waals surface area contributed by atoms with Gasteiger partial charge in [0.15, 0.2) is 0 Å². The summed E-state index contributed by atoms with van der Waals surface area (Å²) in [4.78, 5) is 76.0. The Morgan fingerprint density at radius 3 is 2.39 bits per heavy atom. The molecule has 5 amide bonds. The van der Waals surface area contributed by atoms with Gasteiger partial charge in [-0.2, -0.15) is 5.26 Å². The first-order chi connectivity index (χ1) is 31.9. The number of fused-ring (bicyclic) bond motifs is 2. The van der Waals surface area contributed by atoms with Crippen LogP contribution in [0.3, 0.4) is 0 Å². The number of halogens is 1. The number of nitrogens with one attached hydrogen (secondary N) is 2. The van der Waals surface area contributed by atoms with Crippen LogP contribution < -0.4 is 25.0 Å². The molecule has 0 radical (unpaired) electrons. The van der Waals surface area contributed by atoms with Gasteiger partial charge < -0.3 is 24.6 Å². The highest BCUT2D eigenvalue weighted by Gasteiger charge is 2.45. The Morgan fingerprint density at radius 2 is 1.67 bits per heavy atom. The first kappa shape index (κ1) is 44.7. The molecule has 66 heavy (non-hydrogen) atoms. The number of hydrogen-bond acceptors (Lipinski definition) is 12. The number of carbonyl (C=O) groups is 5. The van der Waals surface area contributed by atoms with E-state index in [1.165, 1.54) is 6.07 Å². The van der Waals surface area contributed by atoms with Gasteiger partial charge in [-0.05, 0) is 126 Å². The minimum atomic E-state index is -1.02. The summed E-state index contributed by atoms with van der Waals surface area (Å²) in [5.74, 6) is -1.22. The fraction of sp³-hybridized carbons (Fsp3) is 0.460. The van der Waals surface area contributed by atoms with Crippen LogP contribution in [-0.4, -0.2) is 126 Å². The van der Waals surface area contributed by atoms with E-state index in [0.29, 0.717) is 58.9 Å². The number of carbonyl (C=O) groups excluding carboxylic acids is 5. The van der Waals surface area contributed by atoms with Crippen molar-refractivity contribution < 1.29 is 37.8 Å². The molecular weight excluding hydrogens is 844 g/mol. The highest BCUT2D eigenvalue weighted by atomic mass is 19.1. The first-order valence-corrected chi connectivity index (χ1v) is 23.1. The number of amides is 5. The predicted molar refractivity (Wildman–Crippen MR) is 243 cm³/mol. The van der Waals surface area contributed by atoms with Gasteiger partial charge in [0.25, 0.3) is 17.7 Å². The molecule has 16 heteroatoms. The molecule has 1 aromatic heterocycles. The Hall–Kier alpha value is -6.44. The molecule has 2 saturated heterocycles. The minimum absolute atomic E-state index is 0.0286. The second-order valence-electron chi connectivity index (χ2n) is 18.6. The molecule has 1 unspecified atom stereocenters. The van der Waals surface area contributed by atoms with Crippen molar-refractivity contribution in [3.05, 3.63) is 94.9 Å². The zero-order chi connectivity index (χ0) is 46.1. The number of aromatic nitrogens is 1. The summed E-state index contributed by atoms with van der Waals surface area (Å²) in [6.45, 7) is 4.15. The van der Waals surface area contributed by atoms with Crippen LogP contribution in [0.4, 0.5) is 10.1 Å². The third-order valence-electron chi connectivity index (χ3n) is 13.9. The summed E-state index contributed by atoms with van der Waals surface area (Å²) in [5.41, 5.74) is 2.36. The summed E-state index contributed by atoms with van der Waals surface area (Å²) in [6.07, 6.45) is 8.16. The molecule has 2 saturated carbocycles. The predicted octanol–water partition coefficient (Wildman–Crippen LogP) is 5.46. The monoisotopic (exact) mass is 898 g/mol. The van der Waals surface area contributed by atoms with Gasteiger partial charge in [-0.3, -0.25) is 44.1 Å². The van der Waals surface area contributed by atoms with Crippen molar-refractivity contribution in [2.45, 2.75) is 94.5 Å². The molecular formula is C50H55FN8O7. The number of likely N-dealkylation sites (N-methyl/N-ethyl adjacent to an activating group) is 1. The summed E-state index contributed by atoms with van der Waals surface area (Å²) in [6, 6.07) is 18.4. The normalized spacial score (nSPS) is 23.4. The summed E-state index contributed by atoms with van der Waals surface area (Å²) >= 11 is 0. The molecule has 4 aromatic rings. The largest absolute Gasteiger partial charge is 0.490 e. The van der Waals surface area contributed by atoms with Crippen molar-refractivity contribution in [2.75, 3.05) is 51.7 Å². The first-order valence-electron chi connectivity index (χ1n) is 23.1. The number of anilines is 1. The second-order valence-corrected chi connectivity index (χ2v) is 18.6. The average molecular weight is 899 g/mol. The van der Waals surface area contributed by atoms with Crippen LogP contribution in [0.1, 0.15) is 101 Å². The van der Waals surface area contributed by atoms with E-state index in [9.17, 15) is 29.2 Å². The summed E-state index contributed by atoms with van der Waals surface area (Å²) in [5, 5.41) is 15.6. The van der Waals surface area contributed by atoms with E-state index in [1.807, 2.05) is 18.2 Å². The molecule has 3 aromatic carbocycles. The van der Waals surface area contributed by atoms with Gasteiger partial charge in [0.05, 0.1) is 34.0 Å². The van der Waals surface area contributed by atoms with Crippen molar-refractivity contribution >= 4 is 46.1 Å². The van der Waals surface area contributed by atoms with Crippen molar-refractivity contribution in [1.29, 1.82) is 5.26 Å². The average Bonchev–Trinajstić information content (AvgIpc) is 3.54. The molecule has 3 aliphatic heterocycles. The Kier molecular flexibility index (Phi) is 13.0. The lowest BCUT2D eigenvalue weighted by Crippen LogP contribution is -2.54. The minimum Gasteiger partial charge on any atom is -0.490 e. The van der Waals surface area contributed by atoms with Crippen LogP contribution in [0.15, 0.2) is 66.9 Å². The SMILES string of the molecule is CN(C)CCN(CC1CCN(c2ccc(C(=O)NC3CCC(Oc4ccc(C#N)c5ncccc45)CC3)cc2F)CC1)C1CC(Oc2ccc3c(c2)C(=O)N(C2CCC(=O)NC2=O)C3=O)C1. The molecule has 4 heterocycles. The number of rotatable bonds is 14. The number of nitriles is 1. The summed E-state index contributed by atoms with van der Waals surface area (Å²) in [7, 11) is 4.13. The van der Waals surface area contributed by atoms with Crippen LogP contribution in [0, 0.1) is 23.1 Å². The second kappa shape index (κ2) is 19.2. The molecule has 5 aliphatic rings. The van der Waals surface area contributed by atoms with Gasteiger partial charge in [0.1, 0.15) is 35.5 Å². The molecule has 344 valence electrons. The number of imide groups is 2. The zero-order valence-corrected chi connectivity index (χ0v) is 37.3. The maximum absolute atomic E-state index is 15.7. The van der Waals surface area contributed by atoms with E-state index in [2.05, 4.69) is 50.5 Å². The molecule has 9 rings (SSSR count). The van der Waals surface area contributed by atoms with E-state index in [0.717, 1.165) is 81.3 Å².